The van der Waals surface area contributed by atoms with E-state index in [1.807, 2.05) is 12.1 Å². The zero-order valence-electron chi connectivity index (χ0n) is 9.35. The van der Waals surface area contributed by atoms with Crippen molar-refractivity contribution in [1.29, 1.82) is 0 Å². The molecule has 0 saturated carbocycles. The van der Waals surface area contributed by atoms with Crippen molar-refractivity contribution in [3.05, 3.63) is 42.2 Å². The zero-order valence-corrected chi connectivity index (χ0v) is 9.35. The number of nitrogens with zero attached hydrogens (tertiary/aromatic N) is 1. The SMILES string of the molecule is C=CCCCCCc1cccnc1C(=O)O. The molecule has 0 aliphatic rings. The predicted molar refractivity (Wildman–Crippen MR) is 63.6 cm³/mol. The first-order valence-corrected chi connectivity index (χ1v) is 5.53. The molecular formula is C13H17NO2. The summed E-state index contributed by atoms with van der Waals surface area (Å²) < 4.78 is 0. The molecule has 0 saturated heterocycles. The van der Waals surface area contributed by atoms with Crippen LogP contribution < -0.4 is 0 Å². The molecular weight excluding hydrogens is 202 g/mol. The van der Waals surface area contributed by atoms with Gasteiger partial charge in [-0.05, 0) is 37.3 Å². The molecule has 86 valence electrons. The summed E-state index contributed by atoms with van der Waals surface area (Å²) in [6.45, 7) is 3.67. The van der Waals surface area contributed by atoms with Crippen LogP contribution in [0.25, 0.3) is 0 Å². The third-order valence-corrected chi connectivity index (χ3v) is 2.45. The van der Waals surface area contributed by atoms with E-state index in [-0.39, 0.29) is 5.69 Å². The van der Waals surface area contributed by atoms with Gasteiger partial charge in [0.05, 0.1) is 0 Å². The fourth-order valence-corrected chi connectivity index (χ4v) is 1.61. The molecule has 1 heterocycles. The minimum atomic E-state index is -0.943. The average molecular weight is 219 g/mol. The molecule has 0 unspecified atom stereocenters. The van der Waals surface area contributed by atoms with Crippen LogP contribution in [0.15, 0.2) is 31.0 Å². The standard InChI is InChI=1S/C13H17NO2/c1-2-3-4-5-6-8-11-9-7-10-14-12(11)13(15)16/h2,7,9-10H,1,3-6,8H2,(H,15,16). The highest BCUT2D eigenvalue weighted by atomic mass is 16.4. The Morgan fingerprint density at radius 1 is 1.44 bits per heavy atom. The molecule has 3 heteroatoms. The molecule has 3 nitrogen and oxygen atoms in total. The Labute approximate surface area is 95.8 Å². The Morgan fingerprint density at radius 3 is 2.94 bits per heavy atom. The number of hydrogen-bond donors (Lipinski definition) is 1. The highest BCUT2D eigenvalue weighted by molar-refractivity contribution is 5.86. The van der Waals surface area contributed by atoms with Gasteiger partial charge in [-0.15, -0.1) is 6.58 Å². The van der Waals surface area contributed by atoms with Gasteiger partial charge in [0.2, 0.25) is 0 Å². The van der Waals surface area contributed by atoms with Gasteiger partial charge in [-0.1, -0.05) is 18.6 Å². The molecule has 1 aromatic heterocycles. The molecule has 1 aromatic rings. The number of carboxylic acids is 1. The number of hydrogen-bond acceptors (Lipinski definition) is 2. The third-order valence-electron chi connectivity index (χ3n) is 2.45. The highest BCUT2D eigenvalue weighted by Gasteiger charge is 2.09. The summed E-state index contributed by atoms with van der Waals surface area (Å²) in [5.41, 5.74) is 1.01. The van der Waals surface area contributed by atoms with E-state index >= 15 is 0 Å². The molecule has 0 atom stereocenters. The highest BCUT2D eigenvalue weighted by Crippen LogP contribution is 2.11. The lowest BCUT2D eigenvalue weighted by atomic mass is 10.0. The predicted octanol–water partition coefficient (Wildman–Crippen LogP) is 3.07. The van der Waals surface area contributed by atoms with E-state index in [1.165, 1.54) is 6.20 Å². The number of unbranched alkanes of at least 4 members (excludes halogenated alkanes) is 3. The van der Waals surface area contributed by atoms with Gasteiger partial charge < -0.3 is 5.11 Å². The number of carbonyl (C=O) groups is 1. The van der Waals surface area contributed by atoms with Gasteiger partial charge in [0.1, 0.15) is 0 Å². The van der Waals surface area contributed by atoms with Crippen molar-refractivity contribution >= 4 is 5.97 Å². The largest absolute Gasteiger partial charge is 0.477 e. The number of aromatic nitrogens is 1. The van der Waals surface area contributed by atoms with Crippen LogP contribution in [0.2, 0.25) is 0 Å². The fourth-order valence-electron chi connectivity index (χ4n) is 1.61. The summed E-state index contributed by atoms with van der Waals surface area (Å²) in [4.78, 5) is 14.8. The lowest BCUT2D eigenvalue weighted by Gasteiger charge is -2.04. The van der Waals surface area contributed by atoms with E-state index < -0.39 is 5.97 Å². The van der Waals surface area contributed by atoms with Gasteiger partial charge in [-0.25, -0.2) is 9.78 Å². The van der Waals surface area contributed by atoms with Crippen molar-refractivity contribution in [3.8, 4) is 0 Å². The Balaban J connectivity index is 2.47. The maximum atomic E-state index is 10.9. The van der Waals surface area contributed by atoms with Gasteiger partial charge in [-0.2, -0.15) is 0 Å². The molecule has 0 aromatic carbocycles. The van der Waals surface area contributed by atoms with Gasteiger partial charge in [0.15, 0.2) is 5.69 Å². The molecule has 0 aliphatic carbocycles. The zero-order chi connectivity index (χ0) is 11.8. The maximum absolute atomic E-state index is 10.9. The van der Waals surface area contributed by atoms with Crippen LogP contribution in [0.1, 0.15) is 41.7 Å². The van der Waals surface area contributed by atoms with Crippen molar-refractivity contribution in [1.82, 2.24) is 4.98 Å². The van der Waals surface area contributed by atoms with Crippen LogP contribution in [-0.4, -0.2) is 16.1 Å². The van der Waals surface area contributed by atoms with Crippen molar-refractivity contribution in [2.45, 2.75) is 32.1 Å². The first kappa shape index (κ1) is 12.4. The van der Waals surface area contributed by atoms with Crippen molar-refractivity contribution in [2.24, 2.45) is 0 Å². The Hall–Kier alpha value is -1.64. The van der Waals surface area contributed by atoms with Gasteiger partial charge in [0.25, 0.3) is 0 Å². The Morgan fingerprint density at radius 2 is 2.25 bits per heavy atom. The maximum Gasteiger partial charge on any atom is 0.354 e. The van der Waals surface area contributed by atoms with Crippen LogP contribution in [0.4, 0.5) is 0 Å². The minimum Gasteiger partial charge on any atom is -0.477 e. The molecule has 16 heavy (non-hydrogen) atoms. The minimum absolute atomic E-state index is 0.186. The first-order chi connectivity index (χ1) is 7.75. The Bertz CT molecular complexity index is 361. The second-order valence-corrected chi connectivity index (χ2v) is 3.70. The van der Waals surface area contributed by atoms with Gasteiger partial charge in [-0.3, -0.25) is 0 Å². The van der Waals surface area contributed by atoms with E-state index in [9.17, 15) is 4.79 Å². The van der Waals surface area contributed by atoms with Crippen molar-refractivity contribution < 1.29 is 9.90 Å². The summed E-state index contributed by atoms with van der Waals surface area (Å²) in [6.07, 6.45) is 8.45. The number of aromatic carboxylic acids is 1. The second-order valence-electron chi connectivity index (χ2n) is 3.70. The van der Waals surface area contributed by atoms with Gasteiger partial charge in [0, 0.05) is 6.20 Å². The molecule has 0 aliphatic heterocycles. The fraction of sp³-hybridized carbons (Fsp3) is 0.385. The average Bonchev–Trinajstić information content (AvgIpc) is 2.29. The molecule has 1 N–H and O–H groups in total. The van der Waals surface area contributed by atoms with E-state index in [0.29, 0.717) is 0 Å². The van der Waals surface area contributed by atoms with Crippen LogP contribution in [0, 0.1) is 0 Å². The quantitative estimate of drug-likeness (QED) is 0.566. The number of carboxylic acid groups (broad SMARTS) is 1. The van der Waals surface area contributed by atoms with Crippen molar-refractivity contribution in [2.75, 3.05) is 0 Å². The lowest BCUT2D eigenvalue weighted by molar-refractivity contribution is 0.0689. The molecule has 0 amide bonds. The molecule has 0 fully saturated rings. The summed E-state index contributed by atoms with van der Waals surface area (Å²) in [7, 11) is 0. The number of pyridine rings is 1. The topological polar surface area (TPSA) is 50.2 Å². The van der Waals surface area contributed by atoms with Crippen LogP contribution in [0.5, 0.6) is 0 Å². The second kappa shape index (κ2) is 6.77. The van der Waals surface area contributed by atoms with Crippen LogP contribution in [-0.2, 0) is 6.42 Å². The van der Waals surface area contributed by atoms with E-state index in [2.05, 4.69) is 11.6 Å². The van der Waals surface area contributed by atoms with Crippen LogP contribution in [0.3, 0.4) is 0 Å². The molecule has 0 spiro atoms. The summed E-state index contributed by atoms with van der Waals surface area (Å²) in [5.74, 6) is -0.943. The summed E-state index contributed by atoms with van der Waals surface area (Å²) >= 11 is 0. The van der Waals surface area contributed by atoms with Crippen molar-refractivity contribution in [3.63, 3.8) is 0 Å². The molecule has 0 radical (unpaired) electrons. The first-order valence-electron chi connectivity index (χ1n) is 5.53. The summed E-state index contributed by atoms with van der Waals surface area (Å²) in [5, 5.41) is 8.93. The van der Waals surface area contributed by atoms with E-state index in [0.717, 1.165) is 37.7 Å². The molecule has 0 bridgehead atoms. The van der Waals surface area contributed by atoms with E-state index in [4.69, 9.17) is 5.11 Å². The number of rotatable bonds is 7. The summed E-state index contributed by atoms with van der Waals surface area (Å²) in [6, 6.07) is 3.62. The smallest absolute Gasteiger partial charge is 0.354 e. The third kappa shape index (κ3) is 3.85. The molecule has 1 rings (SSSR count). The number of aryl methyl sites for hydroxylation is 1. The Kier molecular flexibility index (Phi) is 5.26. The normalized spacial score (nSPS) is 10.0. The van der Waals surface area contributed by atoms with Gasteiger partial charge >= 0.3 is 5.97 Å². The number of allylic oxidation sites excluding steroid dienone is 1. The van der Waals surface area contributed by atoms with Crippen LogP contribution >= 0.6 is 0 Å². The lowest BCUT2D eigenvalue weighted by Crippen LogP contribution is -2.05. The monoisotopic (exact) mass is 219 g/mol. The van der Waals surface area contributed by atoms with E-state index in [1.54, 1.807) is 6.07 Å².